The molecule has 0 bridgehead atoms. The second-order valence-corrected chi connectivity index (χ2v) is 6.62. The maximum atomic E-state index is 5.57. The summed E-state index contributed by atoms with van der Waals surface area (Å²) in [4.78, 5) is 8.78. The Morgan fingerprint density at radius 3 is 2.41 bits per heavy atom. The summed E-state index contributed by atoms with van der Waals surface area (Å²) >= 11 is 0. The van der Waals surface area contributed by atoms with Gasteiger partial charge in [0.2, 0.25) is 0 Å². The molecule has 0 saturated heterocycles. The van der Waals surface area contributed by atoms with E-state index in [1.807, 2.05) is 43.0 Å². The SMILES string of the molecule is COc1ccccc1-c1ccncc1-n1cncc1-c1cc(C)cc(C)c1. The van der Waals surface area contributed by atoms with E-state index in [0.717, 1.165) is 33.8 Å². The molecule has 0 spiro atoms. The van der Waals surface area contributed by atoms with E-state index in [1.165, 1.54) is 11.1 Å². The lowest BCUT2D eigenvalue weighted by molar-refractivity contribution is 0.416. The van der Waals surface area contributed by atoms with Crippen LogP contribution in [0.25, 0.3) is 28.1 Å². The first-order valence-electron chi connectivity index (χ1n) is 8.86. The van der Waals surface area contributed by atoms with Crippen molar-refractivity contribution in [2.75, 3.05) is 7.11 Å². The van der Waals surface area contributed by atoms with E-state index in [1.54, 1.807) is 13.3 Å². The van der Waals surface area contributed by atoms with Crippen molar-refractivity contribution in [1.82, 2.24) is 14.5 Å². The second-order valence-electron chi connectivity index (χ2n) is 6.62. The van der Waals surface area contributed by atoms with E-state index in [-0.39, 0.29) is 0 Å². The lowest BCUT2D eigenvalue weighted by Crippen LogP contribution is -2.00. The molecule has 0 N–H and O–H groups in total. The molecule has 0 saturated carbocycles. The maximum Gasteiger partial charge on any atom is 0.126 e. The smallest absolute Gasteiger partial charge is 0.126 e. The molecule has 0 aliphatic heterocycles. The molecule has 4 rings (SSSR count). The van der Waals surface area contributed by atoms with Gasteiger partial charge in [0.15, 0.2) is 0 Å². The Balaban J connectivity index is 1.91. The van der Waals surface area contributed by atoms with Gasteiger partial charge >= 0.3 is 0 Å². The van der Waals surface area contributed by atoms with E-state index in [4.69, 9.17) is 4.74 Å². The van der Waals surface area contributed by atoms with E-state index in [0.29, 0.717) is 0 Å². The minimum absolute atomic E-state index is 0.831. The highest BCUT2D eigenvalue weighted by Crippen LogP contribution is 2.35. The minimum atomic E-state index is 0.831. The standard InChI is InChI=1S/C23H21N3O/c1-16-10-17(2)12-18(11-16)21-13-25-15-26(21)22-14-24-9-8-19(22)20-6-4-5-7-23(20)27-3/h4-15H,1-3H3. The van der Waals surface area contributed by atoms with Gasteiger partial charge in [-0.1, -0.05) is 35.4 Å². The molecule has 4 heteroatoms. The van der Waals surface area contributed by atoms with Crippen molar-refractivity contribution in [2.45, 2.75) is 13.8 Å². The molecular weight excluding hydrogens is 334 g/mol. The van der Waals surface area contributed by atoms with Crippen LogP contribution in [0.15, 0.2) is 73.4 Å². The number of hydrogen-bond donors (Lipinski definition) is 0. The van der Waals surface area contributed by atoms with Crippen molar-refractivity contribution < 1.29 is 4.74 Å². The third-order valence-corrected chi connectivity index (χ3v) is 4.61. The highest BCUT2D eigenvalue weighted by atomic mass is 16.5. The summed E-state index contributed by atoms with van der Waals surface area (Å²) in [5, 5.41) is 0. The van der Waals surface area contributed by atoms with Crippen molar-refractivity contribution in [3.05, 3.63) is 84.6 Å². The highest BCUT2D eigenvalue weighted by molar-refractivity contribution is 5.78. The molecule has 27 heavy (non-hydrogen) atoms. The van der Waals surface area contributed by atoms with Crippen LogP contribution in [-0.2, 0) is 0 Å². The number of ether oxygens (including phenoxy) is 1. The highest BCUT2D eigenvalue weighted by Gasteiger charge is 2.15. The number of pyridine rings is 1. The van der Waals surface area contributed by atoms with Gasteiger partial charge in [0, 0.05) is 22.9 Å². The largest absolute Gasteiger partial charge is 0.496 e. The Hall–Kier alpha value is -3.40. The number of imidazole rings is 1. The van der Waals surface area contributed by atoms with Gasteiger partial charge in [-0.25, -0.2) is 4.98 Å². The summed E-state index contributed by atoms with van der Waals surface area (Å²) in [6.45, 7) is 4.23. The van der Waals surface area contributed by atoms with Gasteiger partial charge in [-0.3, -0.25) is 9.55 Å². The fraction of sp³-hybridized carbons (Fsp3) is 0.130. The van der Waals surface area contributed by atoms with Gasteiger partial charge in [0.05, 0.1) is 37.2 Å². The predicted octanol–water partition coefficient (Wildman–Crippen LogP) is 5.23. The van der Waals surface area contributed by atoms with E-state index in [9.17, 15) is 0 Å². The Morgan fingerprint density at radius 1 is 0.852 bits per heavy atom. The fourth-order valence-corrected chi connectivity index (χ4v) is 3.50. The molecule has 134 valence electrons. The summed E-state index contributed by atoms with van der Waals surface area (Å²) in [5.41, 5.74) is 7.67. The van der Waals surface area contributed by atoms with Crippen molar-refractivity contribution in [1.29, 1.82) is 0 Å². The van der Waals surface area contributed by atoms with Crippen LogP contribution >= 0.6 is 0 Å². The number of methoxy groups -OCH3 is 1. The summed E-state index contributed by atoms with van der Waals surface area (Å²) in [7, 11) is 1.69. The number of aryl methyl sites for hydroxylation is 2. The minimum Gasteiger partial charge on any atom is -0.496 e. The monoisotopic (exact) mass is 355 g/mol. The van der Waals surface area contributed by atoms with Gasteiger partial charge in [-0.15, -0.1) is 0 Å². The van der Waals surface area contributed by atoms with Crippen LogP contribution in [-0.4, -0.2) is 21.6 Å². The van der Waals surface area contributed by atoms with Crippen molar-refractivity contribution in [3.8, 4) is 33.8 Å². The molecule has 0 radical (unpaired) electrons. The maximum absolute atomic E-state index is 5.57. The molecule has 0 aliphatic carbocycles. The topological polar surface area (TPSA) is 39.9 Å². The van der Waals surface area contributed by atoms with Gasteiger partial charge < -0.3 is 4.74 Å². The van der Waals surface area contributed by atoms with Crippen molar-refractivity contribution in [2.24, 2.45) is 0 Å². The van der Waals surface area contributed by atoms with Crippen LogP contribution in [0.5, 0.6) is 5.75 Å². The first-order chi connectivity index (χ1) is 13.2. The average molecular weight is 355 g/mol. The van der Waals surface area contributed by atoms with Crippen LogP contribution in [0, 0.1) is 13.8 Å². The summed E-state index contributed by atoms with van der Waals surface area (Å²) < 4.78 is 7.66. The summed E-state index contributed by atoms with van der Waals surface area (Å²) in [6.07, 6.45) is 7.41. The zero-order valence-electron chi connectivity index (χ0n) is 15.7. The van der Waals surface area contributed by atoms with Crippen LogP contribution in [0.3, 0.4) is 0 Å². The molecule has 2 heterocycles. The number of rotatable bonds is 4. The quantitative estimate of drug-likeness (QED) is 0.503. The van der Waals surface area contributed by atoms with Crippen LogP contribution < -0.4 is 4.74 Å². The number of nitrogens with zero attached hydrogens (tertiary/aromatic N) is 3. The average Bonchev–Trinajstić information content (AvgIpc) is 3.17. The van der Waals surface area contributed by atoms with Crippen LogP contribution in [0.4, 0.5) is 0 Å². The lowest BCUT2D eigenvalue weighted by atomic mass is 10.0. The van der Waals surface area contributed by atoms with Crippen LogP contribution in [0.1, 0.15) is 11.1 Å². The van der Waals surface area contributed by atoms with Gasteiger partial charge in [0.1, 0.15) is 5.75 Å². The zero-order chi connectivity index (χ0) is 18.8. The molecule has 0 aliphatic rings. The normalized spacial score (nSPS) is 10.8. The molecule has 4 aromatic rings. The number of aromatic nitrogens is 3. The third kappa shape index (κ3) is 3.22. The first-order valence-corrected chi connectivity index (χ1v) is 8.86. The molecule has 4 nitrogen and oxygen atoms in total. The molecular formula is C23H21N3O. The molecule has 0 unspecified atom stereocenters. The second kappa shape index (κ2) is 7.08. The molecule has 2 aromatic heterocycles. The Morgan fingerprint density at radius 2 is 1.63 bits per heavy atom. The third-order valence-electron chi connectivity index (χ3n) is 4.61. The van der Waals surface area contributed by atoms with Crippen molar-refractivity contribution in [3.63, 3.8) is 0 Å². The van der Waals surface area contributed by atoms with Crippen LogP contribution in [0.2, 0.25) is 0 Å². The Labute approximate surface area is 159 Å². The molecule has 0 amide bonds. The molecule has 2 aromatic carbocycles. The summed E-state index contributed by atoms with van der Waals surface area (Å²) in [5.74, 6) is 0.831. The Bertz CT molecular complexity index is 1080. The number of para-hydroxylation sites is 1. The molecule has 0 fully saturated rings. The predicted molar refractivity (Wildman–Crippen MR) is 108 cm³/mol. The Kier molecular flexibility index (Phi) is 4.47. The van der Waals surface area contributed by atoms with Crippen molar-refractivity contribution >= 4 is 0 Å². The zero-order valence-corrected chi connectivity index (χ0v) is 15.7. The first kappa shape index (κ1) is 17.0. The van der Waals surface area contributed by atoms with E-state index in [2.05, 4.69) is 52.6 Å². The number of benzene rings is 2. The lowest BCUT2D eigenvalue weighted by Gasteiger charge is -2.15. The van der Waals surface area contributed by atoms with Gasteiger partial charge in [-0.2, -0.15) is 0 Å². The van der Waals surface area contributed by atoms with Gasteiger partial charge in [-0.05, 0) is 38.1 Å². The summed E-state index contributed by atoms with van der Waals surface area (Å²) in [6, 6.07) is 16.6. The van der Waals surface area contributed by atoms with E-state index < -0.39 is 0 Å². The number of hydrogen-bond acceptors (Lipinski definition) is 3. The fourth-order valence-electron chi connectivity index (χ4n) is 3.50. The molecule has 0 atom stereocenters. The van der Waals surface area contributed by atoms with Gasteiger partial charge in [0.25, 0.3) is 0 Å². The van der Waals surface area contributed by atoms with E-state index >= 15 is 0 Å².